The van der Waals surface area contributed by atoms with E-state index >= 15 is 0 Å². The molecule has 6 atom stereocenters. The molecule has 1 saturated heterocycles. The highest BCUT2D eigenvalue weighted by Crippen LogP contribution is 2.50. The second kappa shape index (κ2) is 18.4. The molecule has 1 aliphatic heterocycles. The quantitative estimate of drug-likeness (QED) is 0.0592. The minimum Gasteiger partial charge on any atom is -0.481 e. The van der Waals surface area contributed by atoms with Crippen LogP contribution < -0.4 is 4.74 Å². The molecule has 0 aliphatic carbocycles. The number of rotatable bonds is 20. The van der Waals surface area contributed by atoms with Crippen molar-refractivity contribution in [2.75, 3.05) is 6.61 Å². The summed E-state index contributed by atoms with van der Waals surface area (Å²) in [7, 11) is 0. The highest BCUT2D eigenvalue weighted by molar-refractivity contribution is 6.13. The molecule has 0 radical (unpaired) electrons. The second-order valence-corrected chi connectivity index (χ2v) is 17.2. The molecular weight excluding hydrogens is 736 g/mol. The first-order valence-corrected chi connectivity index (χ1v) is 19.2. The fourth-order valence-corrected chi connectivity index (χ4v) is 8.16. The SMILES string of the molecule is CCOC(=O)C(C(CC(C)(C)C1C(=O)OC(=O)C1C)C(=O)O)C(C)(C)CC(C(=O)O)C(C(=O)Oc1ccc(C(=O)CC(=O)c2ccc(C)cc2)cc1)C(C)(C)CC. The van der Waals surface area contributed by atoms with Gasteiger partial charge in [-0.15, -0.1) is 0 Å². The van der Waals surface area contributed by atoms with Gasteiger partial charge >= 0.3 is 35.8 Å². The molecule has 0 bridgehead atoms. The van der Waals surface area contributed by atoms with Gasteiger partial charge in [-0.1, -0.05) is 91.6 Å². The third kappa shape index (κ3) is 11.0. The Bertz CT molecular complexity index is 1850. The van der Waals surface area contributed by atoms with Crippen LogP contribution in [0.15, 0.2) is 48.5 Å². The zero-order chi connectivity index (χ0) is 43.2. The van der Waals surface area contributed by atoms with E-state index < -0.39 is 93.4 Å². The topological polar surface area (TPSA) is 205 Å². The van der Waals surface area contributed by atoms with Gasteiger partial charge in [0.15, 0.2) is 11.6 Å². The van der Waals surface area contributed by atoms with Crippen molar-refractivity contribution in [1.29, 1.82) is 0 Å². The van der Waals surface area contributed by atoms with Crippen LogP contribution in [0.25, 0.3) is 0 Å². The van der Waals surface area contributed by atoms with E-state index in [4.69, 9.17) is 14.2 Å². The van der Waals surface area contributed by atoms with Crippen LogP contribution in [-0.4, -0.2) is 64.2 Å². The second-order valence-electron chi connectivity index (χ2n) is 17.2. The highest BCUT2D eigenvalue weighted by atomic mass is 16.6. The third-order valence-corrected chi connectivity index (χ3v) is 11.6. The van der Waals surface area contributed by atoms with Crippen molar-refractivity contribution in [3.05, 3.63) is 65.2 Å². The van der Waals surface area contributed by atoms with E-state index in [9.17, 15) is 48.6 Å². The summed E-state index contributed by atoms with van der Waals surface area (Å²) in [6, 6.07) is 12.4. The Morgan fingerprint density at radius 2 is 1.18 bits per heavy atom. The largest absolute Gasteiger partial charge is 0.481 e. The van der Waals surface area contributed by atoms with Crippen molar-refractivity contribution in [2.24, 2.45) is 51.8 Å². The van der Waals surface area contributed by atoms with Crippen molar-refractivity contribution < 1.29 is 62.8 Å². The van der Waals surface area contributed by atoms with Crippen LogP contribution in [0.2, 0.25) is 0 Å². The van der Waals surface area contributed by atoms with Gasteiger partial charge in [-0.2, -0.15) is 0 Å². The number of ketones is 2. The predicted octanol–water partition coefficient (Wildman–Crippen LogP) is 7.16. The molecule has 2 aromatic carbocycles. The lowest BCUT2D eigenvalue weighted by molar-refractivity contribution is -0.169. The number of esters is 4. The van der Waals surface area contributed by atoms with E-state index in [2.05, 4.69) is 0 Å². The van der Waals surface area contributed by atoms with Crippen molar-refractivity contribution in [2.45, 2.75) is 94.9 Å². The average molecular weight is 793 g/mol. The summed E-state index contributed by atoms with van der Waals surface area (Å²) in [6.45, 7) is 16.4. The Morgan fingerprint density at radius 1 is 0.702 bits per heavy atom. The first-order valence-electron chi connectivity index (χ1n) is 19.2. The lowest BCUT2D eigenvalue weighted by Gasteiger charge is -2.43. The molecule has 310 valence electrons. The van der Waals surface area contributed by atoms with Crippen molar-refractivity contribution in [3.63, 3.8) is 0 Å². The summed E-state index contributed by atoms with van der Waals surface area (Å²) >= 11 is 0. The number of benzene rings is 2. The van der Waals surface area contributed by atoms with E-state index in [1.807, 2.05) is 6.92 Å². The number of cyclic esters (lactones) is 2. The normalized spacial score (nSPS) is 18.1. The molecule has 1 heterocycles. The number of carbonyl (C=O) groups excluding carboxylic acids is 6. The van der Waals surface area contributed by atoms with Crippen LogP contribution in [-0.2, 0) is 38.2 Å². The number of carbonyl (C=O) groups is 8. The first kappa shape index (κ1) is 46.2. The number of ether oxygens (including phenoxy) is 3. The maximum atomic E-state index is 14.1. The molecular formula is C44H56O13. The predicted molar refractivity (Wildman–Crippen MR) is 207 cm³/mol. The maximum Gasteiger partial charge on any atom is 0.318 e. The van der Waals surface area contributed by atoms with Gasteiger partial charge in [0, 0.05) is 11.1 Å². The van der Waals surface area contributed by atoms with Crippen molar-refractivity contribution in [1.82, 2.24) is 0 Å². The fourth-order valence-electron chi connectivity index (χ4n) is 8.16. The first-order chi connectivity index (χ1) is 26.4. The van der Waals surface area contributed by atoms with Crippen LogP contribution in [0, 0.1) is 58.7 Å². The van der Waals surface area contributed by atoms with Crippen molar-refractivity contribution in [3.8, 4) is 5.75 Å². The molecule has 0 saturated carbocycles. The third-order valence-electron chi connectivity index (χ3n) is 11.6. The number of carboxylic acid groups (broad SMARTS) is 2. The molecule has 2 aromatic rings. The molecule has 1 fully saturated rings. The highest BCUT2D eigenvalue weighted by Gasteiger charge is 2.55. The molecule has 13 nitrogen and oxygen atoms in total. The number of hydrogen-bond acceptors (Lipinski definition) is 11. The Morgan fingerprint density at radius 3 is 1.61 bits per heavy atom. The Kier molecular flexibility index (Phi) is 14.9. The molecule has 0 amide bonds. The monoisotopic (exact) mass is 792 g/mol. The molecule has 13 heteroatoms. The van der Waals surface area contributed by atoms with Crippen LogP contribution in [0.1, 0.15) is 114 Å². The Labute approximate surface area is 333 Å². The molecule has 57 heavy (non-hydrogen) atoms. The van der Waals surface area contributed by atoms with E-state index in [0.717, 1.165) is 5.56 Å². The smallest absolute Gasteiger partial charge is 0.318 e. The van der Waals surface area contributed by atoms with Crippen LogP contribution >= 0.6 is 0 Å². The number of hydrogen-bond donors (Lipinski definition) is 2. The van der Waals surface area contributed by atoms with Gasteiger partial charge < -0.3 is 24.4 Å². The fraction of sp³-hybridized carbons (Fsp3) is 0.545. The molecule has 0 aromatic heterocycles. The summed E-state index contributed by atoms with van der Waals surface area (Å²) in [4.78, 5) is 105. The molecule has 1 aliphatic rings. The lowest BCUT2D eigenvalue weighted by atomic mass is 9.59. The van der Waals surface area contributed by atoms with Crippen LogP contribution in [0.3, 0.4) is 0 Å². The summed E-state index contributed by atoms with van der Waals surface area (Å²) in [5.74, 6) is -14.5. The van der Waals surface area contributed by atoms with Crippen LogP contribution in [0.5, 0.6) is 5.75 Å². The van der Waals surface area contributed by atoms with Crippen LogP contribution in [0.4, 0.5) is 0 Å². The molecule has 6 unspecified atom stereocenters. The zero-order valence-electron chi connectivity index (χ0n) is 34.5. The van der Waals surface area contributed by atoms with Gasteiger partial charge in [0.25, 0.3) is 0 Å². The van der Waals surface area contributed by atoms with Gasteiger partial charge in [-0.3, -0.25) is 38.4 Å². The molecule has 0 spiro atoms. The molecule has 2 N–H and O–H groups in total. The Balaban J connectivity index is 1.95. The standard InChI is InChI=1S/C44H56O13/c1-11-42(5,6)35(41(54)56-28-19-17-27(18-20-28)32(46)21-31(45)26-15-13-24(3)14-16-26)30(37(49)50)23-44(9,10)34(39(52)55-12-2)29(36(47)48)22-43(7,8)33-25(4)38(51)57-40(33)53/h13-20,25,29-30,33-35H,11-12,21-23H2,1-10H3,(H,47,48)(H,49,50). The number of aryl methyl sites for hydroxylation is 1. The summed E-state index contributed by atoms with van der Waals surface area (Å²) in [6.07, 6.45) is -0.665. The summed E-state index contributed by atoms with van der Waals surface area (Å²) in [5, 5.41) is 21.4. The van der Waals surface area contributed by atoms with Gasteiger partial charge in [-0.25, -0.2) is 0 Å². The van der Waals surface area contributed by atoms with E-state index in [-0.39, 0.29) is 43.0 Å². The van der Waals surface area contributed by atoms with E-state index in [1.165, 1.54) is 31.2 Å². The van der Waals surface area contributed by atoms with Gasteiger partial charge in [0.2, 0.25) is 0 Å². The average Bonchev–Trinajstić information content (AvgIpc) is 3.38. The van der Waals surface area contributed by atoms with E-state index in [0.29, 0.717) is 12.0 Å². The minimum atomic E-state index is -1.50. The van der Waals surface area contributed by atoms with E-state index in [1.54, 1.807) is 79.7 Å². The lowest BCUT2D eigenvalue weighted by Crippen LogP contribution is -2.48. The summed E-state index contributed by atoms with van der Waals surface area (Å²) in [5.41, 5.74) is -2.00. The minimum absolute atomic E-state index is 0.0254. The van der Waals surface area contributed by atoms with Gasteiger partial charge in [0.05, 0.1) is 48.5 Å². The number of Topliss-reactive ketones (excluding diaryl/α,β-unsaturated/α-hetero) is 2. The van der Waals surface area contributed by atoms with Gasteiger partial charge in [-0.05, 0) is 67.2 Å². The zero-order valence-corrected chi connectivity index (χ0v) is 34.5. The number of carboxylic acids is 2. The number of aliphatic carboxylic acids is 2. The maximum absolute atomic E-state index is 14.1. The van der Waals surface area contributed by atoms with Gasteiger partial charge in [0.1, 0.15) is 5.75 Å². The van der Waals surface area contributed by atoms with Crippen molar-refractivity contribution >= 4 is 47.4 Å². The Hall–Kier alpha value is -5.20. The molecule has 3 rings (SSSR count). The summed E-state index contributed by atoms with van der Waals surface area (Å²) < 4.78 is 16.0.